The van der Waals surface area contributed by atoms with E-state index in [9.17, 15) is 9.59 Å². The van der Waals surface area contributed by atoms with Crippen molar-refractivity contribution in [1.29, 1.82) is 0 Å². The molecule has 0 aromatic carbocycles. The van der Waals surface area contributed by atoms with Gasteiger partial charge >= 0.3 is 11.9 Å². The van der Waals surface area contributed by atoms with Crippen LogP contribution in [0.5, 0.6) is 0 Å². The molecule has 6 nitrogen and oxygen atoms in total. The molecule has 0 spiro atoms. The molecule has 0 atom stereocenters. The average Bonchev–Trinajstić information content (AvgIpc) is 2.51. The molecule has 92 valence electrons. The molecule has 0 aromatic rings. The fourth-order valence-corrected chi connectivity index (χ4v) is 1.50. The Hall–Kier alpha value is -1.72. The summed E-state index contributed by atoms with van der Waals surface area (Å²) in [6.07, 6.45) is 0.129. The number of cyclic esters (lactones) is 2. The van der Waals surface area contributed by atoms with Crippen LogP contribution in [0.4, 0.5) is 0 Å². The molecule has 0 fully saturated rings. The van der Waals surface area contributed by atoms with Crippen LogP contribution in [0.2, 0.25) is 0 Å². The summed E-state index contributed by atoms with van der Waals surface area (Å²) in [6, 6.07) is 0. The van der Waals surface area contributed by atoms with Gasteiger partial charge in [0.2, 0.25) is 11.8 Å². The Kier molecular flexibility index (Phi) is 2.34. The zero-order valence-corrected chi connectivity index (χ0v) is 10.2. The Morgan fingerprint density at radius 1 is 0.882 bits per heavy atom. The molecule has 2 rings (SSSR count). The van der Waals surface area contributed by atoms with Gasteiger partial charge in [0.05, 0.1) is 0 Å². The number of ether oxygens (including phenoxy) is 2. The second-order valence-electron chi connectivity index (χ2n) is 5.08. The third-order valence-electron chi connectivity index (χ3n) is 2.53. The van der Waals surface area contributed by atoms with Crippen molar-refractivity contribution < 1.29 is 19.1 Å². The SMILES string of the molecule is CC1(C)N=C(CC2=NC(C)(C)C(=O)O2)OC1=O. The van der Waals surface area contributed by atoms with E-state index in [0.717, 1.165) is 0 Å². The summed E-state index contributed by atoms with van der Waals surface area (Å²) >= 11 is 0. The van der Waals surface area contributed by atoms with Crippen LogP contribution in [-0.4, -0.2) is 34.8 Å². The highest BCUT2D eigenvalue weighted by molar-refractivity contribution is 6.10. The van der Waals surface area contributed by atoms with Gasteiger partial charge in [-0.25, -0.2) is 19.6 Å². The van der Waals surface area contributed by atoms with Crippen LogP contribution in [0.3, 0.4) is 0 Å². The van der Waals surface area contributed by atoms with Crippen LogP contribution >= 0.6 is 0 Å². The standard InChI is InChI=1S/C11H14N2O4/c1-10(2)8(14)16-6(12-10)5-7-13-11(3,4)9(15)17-7/h5H2,1-4H3. The van der Waals surface area contributed by atoms with Crippen molar-refractivity contribution in [3.05, 3.63) is 0 Å². The number of aliphatic imine (C=N–C) groups is 2. The second-order valence-corrected chi connectivity index (χ2v) is 5.08. The topological polar surface area (TPSA) is 77.3 Å². The van der Waals surface area contributed by atoms with E-state index >= 15 is 0 Å². The van der Waals surface area contributed by atoms with Crippen molar-refractivity contribution in [3.63, 3.8) is 0 Å². The number of hydrogen-bond acceptors (Lipinski definition) is 6. The summed E-state index contributed by atoms with van der Waals surface area (Å²) in [7, 11) is 0. The molecule has 0 N–H and O–H groups in total. The molecule has 0 radical (unpaired) electrons. The molecule has 0 aromatic heterocycles. The predicted molar refractivity (Wildman–Crippen MR) is 59.8 cm³/mol. The van der Waals surface area contributed by atoms with Gasteiger partial charge in [0.25, 0.3) is 0 Å². The van der Waals surface area contributed by atoms with Gasteiger partial charge < -0.3 is 9.47 Å². The van der Waals surface area contributed by atoms with E-state index in [-0.39, 0.29) is 18.2 Å². The first-order chi connectivity index (χ1) is 7.71. The molecule has 17 heavy (non-hydrogen) atoms. The zero-order chi connectivity index (χ0) is 12.8. The quantitative estimate of drug-likeness (QED) is 0.668. The maximum Gasteiger partial charge on any atom is 0.340 e. The molecule has 0 unspecified atom stereocenters. The number of rotatable bonds is 2. The number of hydrogen-bond donors (Lipinski definition) is 0. The van der Waals surface area contributed by atoms with Gasteiger partial charge in [-0.2, -0.15) is 0 Å². The van der Waals surface area contributed by atoms with Crippen LogP contribution in [0.1, 0.15) is 34.1 Å². The van der Waals surface area contributed by atoms with Gasteiger partial charge in [0, 0.05) is 0 Å². The Labute approximate surface area is 98.7 Å². The third-order valence-corrected chi connectivity index (χ3v) is 2.53. The Balaban J connectivity index is 2.11. The minimum atomic E-state index is -0.867. The van der Waals surface area contributed by atoms with Gasteiger partial charge in [-0.05, 0) is 27.7 Å². The monoisotopic (exact) mass is 238 g/mol. The van der Waals surface area contributed by atoms with E-state index < -0.39 is 23.0 Å². The molecule has 2 aliphatic heterocycles. The van der Waals surface area contributed by atoms with Crippen molar-refractivity contribution in [2.45, 2.75) is 45.2 Å². The molecule has 0 bridgehead atoms. The minimum Gasteiger partial charge on any atom is -0.410 e. The Morgan fingerprint density at radius 2 is 1.24 bits per heavy atom. The molecule has 0 saturated carbocycles. The van der Waals surface area contributed by atoms with E-state index in [2.05, 4.69) is 9.98 Å². The lowest BCUT2D eigenvalue weighted by Crippen LogP contribution is -2.25. The van der Waals surface area contributed by atoms with Gasteiger partial charge in [-0.1, -0.05) is 0 Å². The maximum absolute atomic E-state index is 11.4. The van der Waals surface area contributed by atoms with Crippen molar-refractivity contribution in [1.82, 2.24) is 0 Å². The lowest BCUT2D eigenvalue weighted by atomic mass is 10.1. The van der Waals surface area contributed by atoms with Crippen LogP contribution in [0.15, 0.2) is 9.98 Å². The predicted octanol–water partition coefficient (Wildman–Crippen LogP) is 0.844. The maximum atomic E-state index is 11.4. The van der Waals surface area contributed by atoms with Crippen LogP contribution < -0.4 is 0 Å². The largest absolute Gasteiger partial charge is 0.410 e. The highest BCUT2D eigenvalue weighted by Gasteiger charge is 2.41. The molecule has 0 amide bonds. The lowest BCUT2D eigenvalue weighted by molar-refractivity contribution is -0.138. The van der Waals surface area contributed by atoms with Crippen molar-refractivity contribution in [3.8, 4) is 0 Å². The third kappa shape index (κ3) is 2.07. The first-order valence-corrected chi connectivity index (χ1v) is 5.33. The summed E-state index contributed by atoms with van der Waals surface area (Å²) < 4.78 is 9.96. The zero-order valence-electron chi connectivity index (χ0n) is 10.2. The first-order valence-electron chi connectivity index (χ1n) is 5.33. The van der Waals surface area contributed by atoms with E-state index in [1.54, 1.807) is 27.7 Å². The average molecular weight is 238 g/mol. The molecule has 0 saturated heterocycles. The fraction of sp³-hybridized carbons (Fsp3) is 0.636. The molecule has 6 heteroatoms. The highest BCUT2D eigenvalue weighted by Crippen LogP contribution is 2.24. The van der Waals surface area contributed by atoms with Gasteiger partial charge in [0.1, 0.15) is 6.42 Å². The number of nitrogens with zero attached hydrogens (tertiary/aromatic N) is 2. The van der Waals surface area contributed by atoms with Crippen molar-refractivity contribution in [2.24, 2.45) is 9.98 Å². The lowest BCUT2D eigenvalue weighted by Gasteiger charge is -2.05. The molecule has 0 aliphatic carbocycles. The van der Waals surface area contributed by atoms with E-state index in [4.69, 9.17) is 9.47 Å². The second kappa shape index (κ2) is 3.38. The molecular formula is C11H14N2O4. The highest BCUT2D eigenvalue weighted by atomic mass is 16.6. The van der Waals surface area contributed by atoms with Crippen LogP contribution in [-0.2, 0) is 19.1 Å². The number of esters is 2. The van der Waals surface area contributed by atoms with Gasteiger partial charge in [-0.3, -0.25) is 0 Å². The number of carbonyl (C=O) groups excluding carboxylic acids is 2. The summed E-state index contributed by atoms with van der Waals surface area (Å²) in [4.78, 5) is 31.0. The molecular weight excluding hydrogens is 224 g/mol. The van der Waals surface area contributed by atoms with E-state index in [1.807, 2.05) is 0 Å². The Morgan fingerprint density at radius 3 is 1.47 bits per heavy atom. The molecule has 2 heterocycles. The Bertz CT molecular complexity index is 418. The normalized spacial score (nSPS) is 25.2. The summed E-state index contributed by atoms with van der Waals surface area (Å²) in [5.74, 6) is -0.332. The first kappa shape index (κ1) is 11.8. The fourth-order valence-electron chi connectivity index (χ4n) is 1.50. The van der Waals surface area contributed by atoms with Gasteiger partial charge in [-0.15, -0.1) is 0 Å². The van der Waals surface area contributed by atoms with E-state index in [0.29, 0.717) is 0 Å². The van der Waals surface area contributed by atoms with Crippen molar-refractivity contribution >= 4 is 23.7 Å². The van der Waals surface area contributed by atoms with Gasteiger partial charge in [0.15, 0.2) is 11.1 Å². The van der Waals surface area contributed by atoms with Crippen molar-refractivity contribution in [2.75, 3.05) is 0 Å². The van der Waals surface area contributed by atoms with Crippen LogP contribution in [0.25, 0.3) is 0 Å². The number of carbonyl (C=O) groups is 2. The molecule has 2 aliphatic rings. The smallest absolute Gasteiger partial charge is 0.340 e. The summed E-state index contributed by atoms with van der Waals surface area (Å²) in [5, 5.41) is 0. The summed E-state index contributed by atoms with van der Waals surface area (Å²) in [6.45, 7) is 6.65. The van der Waals surface area contributed by atoms with Crippen LogP contribution in [0, 0.1) is 0 Å². The summed E-state index contributed by atoms with van der Waals surface area (Å²) in [5.41, 5.74) is -1.73. The minimum absolute atomic E-state index is 0.129. The van der Waals surface area contributed by atoms with E-state index in [1.165, 1.54) is 0 Å².